The fourth-order valence-electron chi connectivity index (χ4n) is 0.354. The third-order valence-electron chi connectivity index (χ3n) is 0.909. The first-order valence-corrected chi connectivity index (χ1v) is 4.91. The topological polar surface area (TPSA) is 80.7 Å². The van der Waals surface area contributed by atoms with Crippen LogP contribution in [0, 0.1) is 0 Å². The Morgan fingerprint density at radius 1 is 1.54 bits per heavy atom. The van der Waals surface area contributed by atoms with Gasteiger partial charge in [0.25, 0.3) is 0 Å². The molecule has 77 valence electrons. The first-order valence-electron chi connectivity index (χ1n) is 3.22. The van der Waals surface area contributed by atoms with Crippen LogP contribution < -0.4 is 0 Å². The molecule has 0 saturated carbocycles. The molecule has 0 aromatic rings. The molecule has 0 radical (unpaired) electrons. The summed E-state index contributed by atoms with van der Waals surface area (Å²) in [5.74, 6) is -2.16. The Morgan fingerprint density at radius 2 is 2.08 bits per heavy atom. The molecule has 6 heteroatoms. The molecule has 0 bridgehead atoms. The van der Waals surface area contributed by atoms with E-state index in [9.17, 15) is 13.5 Å². The number of ether oxygens (including phenoxy) is 1. The van der Waals surface area contributed by atoms with Gasteiger partial charge >= 0.3 is 78.8 Å². The van der Waals surface area contributed by atoms with Crippen molar-refractivity contribution in [2.24, 2.45) is 0 Å². The molecule has 1 N–H and O–H groups in total. The van der Waals surface area contributed by atoms with Gasteiger partial charge in [0, 0.05) is 0 Å². The van der Waals surface area contributed by atoms with E-state index in [0.29, 0.717) is 4.51 Å². The molecule has 0 amide bonds. The van der Waals surface area contributed by atoms with E-state index in [1.165, 1.54) is 0 Å². The van der Waals surface area contributed by atoms with Gasteiger partial charge in [0.1, 0.15) is 0 Å². The average Bonchev–Trinajstić information content (AvgIpc) is 1.98. The Labute approximate surface area is 79.3 Å². The molecule has 0 rings (SSSR count). The van der Waals surface area contributed by atoms with Crippen LogP contribution in [0.25, 0.3) is 0 Å². The summed E-state index contributed by atoms with van der Waals surface area (Å²) in [7, 11) is 0. The van der Waals surface area contributed by atoms with Crippen molar-refractivity contribution in [1.82, 2.24) is 0 Å². The molecule has 0 aliphatic heterocycles. The number of carboxylic acid groups (broad SMARTS) is 1. The van der Waals surface area contributed by atoms with Crippen molar-refractivity contribution in [1.29, 1.82) is 0 Å². The van der Waals surface area contributed by atoms with Crippen LogP contribution in [0.2, 0.25) is 0 Å². The second kappa shape index (κ2) is 5.60. The normalized spacial score (nSPS) is 10.4. The summed E-state index contributed by atoms with van der Waals surface area (Å²) in [6.45, 7) is 4.95. The fraction of sp³-hybridized carbons (Fsp3) is 0.429. The van der Waals surface area contributed by atoms with E-state index in [-0.39, 0.29) is 5.54 Å². The molecule has 5 nitrogen and oxygen atoms in total. The number of hydrogen-bond donors (Lipinski definition) is 1. The van der Waals surface area contributed by atoms with Gasteiger partial charge in [-0.25, -0.2) is 0 Å². The number of carbonyl (C=O) groups is 2. The van der Waals surface area contributed by atoms with Crippen molar-refractivity contribution < 1.29 is 36.9 Å². The minimum absolute atomic E-state index is 0.297. The van der Waals surface area contributed by atoms with Crippen LogP contribution in [0.15, 0.2) is 11.1 Å². The standard InChI is InChI=1S/C4H5O4.C3H5.Co.O/c1-8-4(7)2-3(5)6;1-3-2;;/h1-2H2,(H,5,6);1H2,2H3;;. The van der Waals surface area contributed by atoms with Crippen molar-refractivity contribution in [3.05, 3.63) is 11.1 Å². The zero-order valence-corrected chi connectivity index (χ0v) is 8.08. The van der Waals surface area contributed by atoms with Crippen LogP contribution in [-0.2, 0) is 31.8 Å². The van der Waals surface area contributed by atoms with E-state index in [4.69, 9.17) is 5.11 Å². The first kappa shape index (κ1) is 12.0. The maximum absolute atomic E-state index is 11.0. The quantitative estimate of drug-likeness (QED) is 0.551. The van der Waals surface area contributed by atoms with Crippen molar-refractivity contribution >= 4 is 11.9 Å². The molecule has 0 atom stereocenters. The van der Waals surface area contributed by atoms with Gasteiger partial charge in [-0.1, -0.05) is 0 Å². The number of aliphatic carboxylic acids is 1. The number of allylic oxidation sites excluding steroid dienone is 1. The van der Waals surface area contributed by atoms with E-state index in [1.54, 1.807) is 6.92 Å². The summed E-state index contributed by atoms with van der Waals surface area (Å²) in [5.41, 5.74) is -0.297. The Kier molecular flexibility index (Phi) is 5.16. The van der Waals surface area contributed by atoms with Gasteiger partial charge in [0.05, 0.1) is 0 Å². The zero-order chi connectivity index (χ0) is 10.4. The summed E-state index contributed by atoms with van der Waals surface area (Å²) in [4.78, 5) is 20.6. The number of esters is 1. The summed E-state index contributed by atoms with van der Waals surface area (Å²) in [6.07, 6.45) is -0.709. The summed E-state index contributed by atoms with van der Waals surface area (Å²) < 4.78 is 15.8. The van der Waals surface area contributed by atoms with Gasteiger partial charge in [0.2, 0.25) is 0 Å². The van der Waals surface area contributed by atoms with Gasteiger partial charge in [-0.2, -0.15) is 0 Å². The molecule has 0 unspecified atom stereocenters. The summed E-state index contributed by atoms with van der Waals surface area (Å²) in [5, 5.41) is 8.17. The Balaban J connectivity index is 3.77. The molecule has 0 spiro atoms. The summed E-state index contributed by atoms with van der Waals surface area (Å²) in [6, 6.07) is 0. The van der Waals surface area contributed by atoms with Crippen molar-refractivity contribution in [3.63, 3.8) is 0 Å². The Morgan fingerprint density at radius 3 is 2.46 bits per heavy atom. The second-order valence-corrected chi connectivity index (χ2v) is 4.17. The zero-order valence-electron chi connectivity index (χ0n) is 7.03. The molecule has 0 aliphatic carbocycles. The van der Waals surface area contributed by atoms with E-state index in [0.717, 1.165) is 0 Å². The third-order valence-corrected chi connectivity index (χ3v) is 2.32. The predicted octanol–water partition coefficient (Wildman–Crippen LogP) is 0.459. The van der Waals surface area contributed by atoms with Crippen LogP contribution in [0.5, 0.6) is 0 Å². The van der Waals surface area contributed by atoms with Crippen LogP contribution >= 0.6 is 0 Å². The van der Waals surface area contributed by atoms with E-state index in [2.05, 4.69) is 11.3 Å². The third kappa shape index (κ3) is 6.18. The Hall–Kier alpha value is -1.01. The Bertz CT molecular complexity index is 258. The number of hydrogen-bond acceptors (Lipinski definition) is 4. The van der Waals surface area contributed by atoms with E-state index >= 15 is 0 Å². The van der Waals surface area contributed by atoms with Crippen LogP contribution in [0.1, 0.15) is 13.3 Å². The van der Waals surface area contributed by atoms with Crippen LogP contribution in [0.4, 0.5) is 0 Å². The van der Waals surface area contributed by atoms with E-state index < -0.39 is 31.9 Å². The number of rotatable bonds is 5. The average molecular weight is 233 g/mol. The molecule has 0 saturated heterocycles. The first-order chi connectivity index (χ1) is 5.93. The van der Waals surface area contributed by atoms with Gasteiger partial charge < -0.3 is 0 Å². The molecule has 0 aromatic carbocycles. The van der Waals surface area contributed by atoms with Crippen LogP contribution in [-0.4, -0.2) is 22.6 Å². The van der Waals surface area contributed by atoms with Crippen molar-refractivity contribution in [2.45, 2.75) is 13.3 Å². The fourth-order valence-corrected chi connectivity index (χ4v) is 0.915. The van der Waals surface area contributed by atoms with Crippen molar-refractivity contribution in [3.8, 4) is 0 Å². The van der Waals surface area contributed by atoms with Gasteiger partial charge in [-0.05, 0) is 0 Å². The van der Waals surface area contributed by atoms with Gasteiger partial charge in [-0.3, -0.25) is 0 Å². The molecule has 0 aromatic heterocycles. The monoisotopic (exact) mass is 233 g/mol. The maximum atomic E-state index is 11.0. The molecule has 13 heavy (non-hydrogen) atoms. The van der Waals surface area contributed by atoms with Crippen molar-refractivity contribution in [2.75, 3.05) is 5.54 Å². The van der Waals surface area contributed by atoms with E-state index in [1.807, 2.05) is 0 Å². The molecule has 0 aliphatic rings. The molecule has 0 fully saturated rings. The number of carboxylic acids is 1. The van der Waals surface area contributed by atoms with Crippen LogP contribution in [0.3, 0.4) is 0 Å². The minimum atomic E-state index is -1.76. The van der Waals surface area contributed by atoms with Gasteiger partial charge in [-0.15, -0.1) is 0 Å². The van der Waals surface area contributed by atoms with Gasteiger partial charge in [0.15, 0.2) is 0 Å². The molecular formula is C7H10CoO5. The summed E-state index contributed by atoms with van der Waals surface area (Å²) >= 11 is -1.76. The second-order valence-electron chi connectivity index (χ2n) is 2.10. The SMILES string of the molecule is C=[C](C)[Co](=[O])[CH2]OC(=O)CC(=O)O. The molecule has 0 heterocycles. The predicted molar refractivity (Wildman–Crippen MR) is 38.7 cm³/mol. The molecular weight excluding hydrogens is 223 g/mol. The number of carbonyl (C=O) groups excluding carboxylic acids is 1.